The molecule has 0 saturated carbocycles. The zero-order valence-electron chi connectivity index (χ0n) is 18.9. The van der Waals surface area contributed by atoms with Gasteiger partial charge in [0.25, 0.3) is 0 Å². The van der Waals surface area contributed by atoms with Gasteiger partial charge in [0.1, 0.15) is 5.02 Å². The monoisotopic (exact) mass is 504 g/mol. The molecule has 0 aliphatic rings. The molecule has 1 aromatic heterocycles. The summed E-state index contributed by atoms with van der Waals surface area (Å²) in [6, 6.07) is 14.4. The normalized spacial score (nSPS) is 11.0. The minimum absolute atomic E-state index is 0. The van der Waals surface area contributed by atoms with Crippen molar-refractivity contribution < 1.29 is 8.42 Å². The lowest BCUT2D eigenvalue weighted by atomic mass is 10.0. The third-order valence-electron chi connectivity index (χ3n) is 5.06. The molecular formula is C25H26Cl2N2O3S. The number of aromatic nitrogens is 1. The molecule has 8 heteroatoms. The molecule has 1 heterocycles. The highest BCUT2D eigenvalue weighted by atomic mass is 35.5. The first-order valence-electron chi connectivity index (χ1n) is 10.0. The van der Waals surface area contributed by atoms with Crippen molar-refractivity contribution in [1.82, 2.24) is 9.88 Å². The minimum atomic E-state index is -3.18. The summed E-state index contributed by atoms with van der Waals surface area (Å²) in [5.74, 6) is 6.28. The van der Waals surface area contributed by atoms with Gasteiger partial charge in [0.05, 0.1) is 11.4 Å². The molecule has 2 aromatic carbocycles. The SMILES string of the molecule is Cc1[nH]c(C)c(-c2ccc(C#CCN(C)Cc3ccc(S(C)(=O)=O)cc3)cc2)c(=O)c1Cl.Cl. The fraction of sp³-hybridized carbons (Fsp3) is 0.240. The second-order valence-electron chi connectivity index (χ2n) is 7.86. The first-order chi connectivity index (χ1) is 15.1. The van der Waals surface area contributed by atoms with Crippen molar-refractivity contribution in [2.75, 3.05) is 19.8 Å². The number of aryl methyl sites for hydroxylation is 2. The number of nitrogens with zero attached hydrogens (tertiary/aromatic N) is 1. The molecule has 0 radical (unpaired) electrons. The second-order valence-corrected chi connectivity index (χ2v) is 10.3. The van der Waals surface area contributed by atoms with E-state index in [9.17, 15) is 13.2 Å². The Labute approximate surface area is 206 Å². The van der Waals surface area contributed by atoms with Crippen LogP contribution in [-0.2, 0) is 16.4 Å². The Morgan fingerprint density at radius 1 is 1.00 bits per heavy atom. The van der Waals surface area contributed by atoms with Gasteiger partial charge in [0, 0.05) is 35.3 Å². The van der Waals surface area contributed by atoms with Gasteiger partial charge in [-0.3, -0.25) is 9.69 Å². The van der Waals surface area contributed by atoms with Crippen molar-refractivity contribution in [3.8, 4) is 23.0 Å². The molecule has 0 spiro atoms. The van der Waals surface area contributed by atoms with Crippen molar-refractivity contribution in [2.24, 2.45) is 0 Å². The fourth-order valence-corrected chi connectivity index (χ4v) is 4.18. The Bertz CT molecular complexity index is 1350. The molecule has 0 fully saturated rings. The lowest BCUT2D eigenvalue weighted by molar-refractivity contribution is 0.369. The lowest BCUT2D eigenvalue weighted by Gasteiger charge is -2.13. The van der Waals surface area contributed by atoms with E-state index in [4.69, 9.17) is 11.6 Å². The number of aromatic amines is 1. The Morgan fingerprint density at radius 3 is 2.18 bits per heavy atom. The van der Waals surface area contributed by atoms with Crippen LogP contribution in [0.4, 0.5) is 0 Å². The van der Waals surface area contributed by atoms with E-state index in [1.807, 2.05) is 55.3 Å². The van der Waals surface area contributed by atoms with Gasteiger partial charge in [-0.1, -0.05) is 47.7 Å². The average molecular weight is 505 g/mol. The van der Waals surface area contributed by atoms with Crippen LogP contribution >= 0.6 is 24.0 Å². The Kier molecular flexibility index (Phi) is 8.93. The summed E-state index contributed by atoms with van der Waals surface area (Å²) in [5.41, 5.74) is 4.51. The van der Waals surface area contributed by atoms with E-state index in [-0.39, 0.29) is 22.9 Å². The molecule has 174 valence electrons. The molecule has 0 amide bonds. The van der Waals surface area contributed by atoms with Gasteiger partial charge >= 0.3 is 0 Å². The smallest absolute Gasteiger partial charge is 0.208 e. The van der Waals surface area contributed by atoms with Crippen LogP contribution in [-0.4, -0.2) is 38.1 Å². The number of hydrogen-bond acceptors (Lipinski definition) is 4. The van der Waals surface area contributed by atoms with Crippen molar-refractivity contribution in [1.29, 1.82) is 0 Å². The van der Waals surface area contributed by atoms with E-state index in [0.717, 1.165) is 22.4 Å². The van der Waals surface area contributed by atoms with Gasteiger partial charge in [-0.25, -0.2) is 8.42 Å². The van der Waals surface area contributed by atoms with Crippen LogP contribution < -0.4 is 5.43 Å². The van der Waals surface area contributed by atoms with Crippen LogP contribution in [0.3, 0.4) is 0 Å². The Morgan fingerprint density at radius 2 is 1.61 bits per heavy atom. The number of benzene rings is 2. The first-order valence-corrected chi connectivity index (χ1v) is 12.3. The van der Waals surface area contributed by atoms with Crippen molar-refractivity contribution in [3.05, 3.63) is 86.3 Å². The molecule has 33 heavy (non-hydrogen) atoms. The number of sulfone groups is 1. The van der Waals surface area contributed by atoms with E-state index in [1.165, 1.54) is 6.26 Å². The van der Waals surface area contributed by atoms with Crippen molar-refractivity contribution in [2.45, 2.75) is 25.3 Å². The van der Waals surface area contributed by atoms with E-state index < -0.39 is 9.84 Å². The van der Waals surface area contributed by atoms with Crippen molar-refractivity contribution >= 4 is 33.8 Å². The molecule has 1 N–H and O–H groups in total. The van der Waals surface area contributed by atoms with Gasteiger partial charge < -0.3 is 4.98 Å². The fourth-order valence-electron chi connectivity index (χ4n) is 3.40. The maximum Gasteiger partial charge on any atom is 0.208 e. The van der Waals surface area contributed by atoms with E-state index >= 15 is 0 Å². The molecule has 5 nitrogen and oxygen atoms in total. The highest BCUT2D eigenvalue weighted by molar-refractivity contribution is 7.90. The zero-order valence-corrected chi connectivity index (χ0v) is 21.3. The highest BCUT2D eigenvalue weighted by Crippen LogP contribution is 2.22. The molecule has 3 aromatic rings. The van der Waals surface area contributed by atoms with E-state index in [2.05, 4.69) is 16.8 Å². The van der Waals surface area contributed by atoms with Gasteiger partial charge in [0.2, 0.25) is 5.43 Å². The van der Waals surface area contributed by atoms with Crippen LogP contribution in [0.1, 0.15) is 22.5 Å². The standard InChI is InChI=1S/C25H25ClN2O3S.ClH/c1-17-23(25(29)24(26)18(2)27-17)21-11-7-19(8-12-21)6-5-15-28(3)16-20-9-13-22(14-10-20)32(4,30)31;/h7-14H,15-16H2,1-4H3,(H,27,29);1H. The van der Waals surface area contributed by atoms with Gasteiger partial charge in [-0.05, 0) is 56.3 Å². The number of rotatable bonds is 5. The van der Waals surface area contributed by atoms with Gasteiger partial charge in [0.15, 0.2) is 9.84 Å². The molecule has 0 aliphatic heterocycles. The Hall–Kier alpha value is -2.56. The molecule has 0 unspecified atom stereocenters. The average Bonchev–Trinajstić information content (AvgIpc) is 2.73. The van der Waals surface area contributed by atoms with Crippen LogP contribution in [0, 0.1) is 25.7 Å². The van der Waals surface area contributed by atoms with Crippen LogP contribution in [0.15, 0.2) is 58.2 Å². The number of H-pyrrole nitrogens is 1. The summed E-state index contributed by atoms with van der Waals surface area (Å²) in [5, 5.41) is 0.212. The molecule has 3 rings (SSSR count). The third-order valence-corrected chi connectivity index (χ3v) is 6.65. The largest absolute Gasteiger partial charge is 0.361 e. The summed E-state index contributed by atoms with van der Waals surface area (Å²) >= 11 is 6.12. The topological polar surface area (TPSA) is 70.2 Å². The maximum absolute atomic E-state index is 12.5. The number of hydrogen-bond donors (Lipinski definition) is 1. The Balaban J connectivity index is 0.00000385. The zero-order chi connectivity index (χ0) is 23.5. The molecule has 0 saturated heterocycles. The van der Waals surface area contributed by atoms with Gasteiger partial charge in [-0.15, -0.1) is 12.4 Å². The molecule has 0 atom stereocenters. The van der Waals surface area contributed by atoms with Crippen LogP contribution in [0.5, 0.6) is 0 Å². The minimum Gasteiger partial charge on any atom is -0.361 e. The first kappa shape index (κ1) is 26.7. The van der Waals surface area contributed by atoms with E-state index in [0.29, 0.717) is 29.2 Å². The number of nitrogens with one attached hydrogen (secondary N) is 1. The summed E-state index contributed by atoms with van der Waals surface area (Å²) in [7, 11) is -1.23. The van der Waals surface area contributed by atoms with E-state index in [1.54, 1.807) is 19.1 Å². The maximum atomic E-state index is 12.5. The van der Waals surface area contributed by atoms with Gasteiger partial charge in [-0.2, -0.15) is 0 Å². The number of halogens is 2. The molecule has 0 bridgehead atoms. The predicted molar refractivity (Wildman–Crippen MR) is 137 cm³/mol. The third kappa shape index (κ3) is 6.72. The summed E-state index contributed by atoms with van der Waals surface area (Å²) in [6.07, 6.45) is 1.20. The quantitative estimate of drug-likeness (QED) is 0.514. The van der Waals surface area contributed by atoms with Crippen molar-refractivity contribution in [3.63, 3.8) is 0 Å². The predicted octanol–water partition coefficient (Wildman–Crippen LogP) is 4.62. The number of pyridine rings is 1. The second kappa shape index (κ2) is 11.0. The highest BCUT2D eigenvalue weighted by Gasteiger charge is 2.12. The van der Waals surface area contributed by atoms with Crippen LogP contribution in [0.25, 0.3) is 11.1 Å². The molecular weight excluding hydrogens is 479 g/mol. The van der Waals surface area contributed by atoms with Crippen LogP contribution in [0.2, 0.25) is 5.02 Å². The summed E-state index contributed by atoms with van der Waals surface area (Å²) < 4.78 is 23.1. The summed E-state index contributed by atoms with van der Waals surface area (Å²) in [4.78, 5) is 18.1. The molecule has 0 aliphatic carbocycles. The lowest BCUT2D eigenvalue weighted by Crippen LogP contribution is -2.18. The summed E-state index contributed by atoms with van der Waals surface area (Å²) in [6.45, 7) is 4.86.